The second-order valence-corrected chi connectivity index (χ2v) is 8.26. The molecule has 2 N–H and O–H groups in total. The number of sulfonamides is 1. The van der Waals surface area contributed by atoms with E-state index < -0.39 is 10.0 Å². The Balaban J connectivity index is 0.00000192. The fourth-order valence-electron chi connectivity index (χ4n) is 2.71. The van der Waals surface area contributed by atoms with Gasteiger partial charge in [0.1, 0.15) is 0 Å². The fraction of sp³-hybridized carbons (Fsp3) is 0.500. The van der Waals surface area contributed by atoms with Gasteiger partial charge in [-0.3, -0.25) is 4.79 Å². The van der Waals surface area contributed by atoms with Gasteiger partial charge in [0.15, 0.2) is 0 Å². The van der Waals surface area contributed by atoms with Crippen LogP contribution < -0.4 is 10.0 Å². The highest BCUT2D eigenvalue weighted by molar-refractivity contribution is 7.99. The third-order valence-corrected chi connectivity index (χ3v) is 6.37. The van der Waals surface area contributed by atoms with Crippen LogP contribution in [0.2, 0.25) is 0 Å². The molecule has 0 aliphatic carbocycles. The van der Waals surface area contributed by atoms with E-state index in [-0.39, 0.29) is 35.3 Å². The summed E-state index contributed by atoms with van der Waals surface area (Å²) in [7, 11) is -3.53. The summed E-state index contributed by atoms with van der Waals surface area (Å²) in [5.41, 5.74) is 0. The van der Waals surface area contributed by atoms with Crippen molar-refractivity contribution in [1.29, 1.82) is 0 Å². The molecule has 2 atom stereocenters. The molecule has 1 aromatic carbocycles. The highest BCUT2D eigenvalue weighted by atomic mass is 35.5. The first-order valence-corrected chi connectivity index (χ1v) is 9.87. The molecule has 6 nitrogen and oxygen atoms in total. The zero-order chi connectivity index (χ0) is 15.6. The summed E-state index contributed by atoms with van der Waals surface area (Å²) in [6, 6.07) is 7.75. The van der Waals surface area contributed by atoms with E-state index in [0.29, 0.717) is 13.0 Å². The minimum atomic E-state index is -3.53. The summed E-state index contributed by atoms with van der Waals surface area (Å²) < 4.78 is 27.2. The lowest BCUT2D eigenvalue weighted by Gasteiger charge is -2.19. The van der Waals surface area contributed by atoms with E-state index in [1.54, 1.807) is 42.1 Å². The Labute approximate surface area is 146 Å². The largest absolute Gasteiger partial charge is 0.331 e. The summed E-state index contributed by atoms with van der Waals surface area (Å²) in [6.45, 7) is 1.26. The maximum Gasteiger partial charge on any atom is 0.240 e. The number of hydrogen-bond acceptors (Lipinski definition) is 5. The van der Waals surface area contributed by atoms with Gasteiger partial charge in [-0.05, 0) is 18.6 Å². The summed E-state index contributed by atoms with van der Waals surface area (Å²) in [6.07, 6.45) is 0.492. The van der Waals surface area contributed by atoms with Gasteiger partial charge in [0.05, 0.1) is 16.8 Å². The Bertz CT molecular complexity index is 636. The van der Waals surface area contributed by atoms with Crippen LogP contribution in [0.3, 0.4) is 0 Å². The van der Waals surface area contributed by atoms with Gasteiger partial charge < -0.3 is 10.2 Å². The number of benzene rings is 1. The summed E-state index contributed by atoms with van der Waals surface area (Å²) >= 11 is 1.74. The van der Waals surface area contributed by atoms with Crippen molar-refractivity contribution in [3.05, 3.63) is 30.3 Å². The molecule has 1 aromatic rings. The highest BCUT2D eigenvalue weighted by Crippen LogP contribution is 2.18. The molecule has 2 fully saturated rings. The summed E-state index contributed by atoms with van der Waals surface area (Å²) in [5.74, 6) is 1.78. The predicted molar refractivity (Wildman–Crippen MR) is 93.2 cm³/mol. The van der Waals surface area contributed by atoms with E-state index in [0.717, 1.165) is 18.2 Å². The third kappa shape index (κ3) is 4.39. The maximum absolute atomic E-state index is 12.3. The van der Waals surface area contributed by atoms with Crippen molar-refractivity contribution in [2.75, 3.05) is 24.7 Å². The van der Waals surface area contributed by atoms with Gasteiger partial charge in [-0.1, -0.05) is 18.2 Å². The topological polar surface area (TPSA) is 78.5 Å². The van der Waals surface area contributed by atoms with E-state index in [1.807, 2.05) is 4.90 Å². The van der Waals surface area contributed by atoms with Crippen LogP contribution in [0.15, 0.2) is 35.2 Å². The van der Waals surface area contributed by atoms with Gasteiger partial charge in [-0.2, -0.15) is 0 Å². The summed E-state index contributed by atoms with van der Waals surface area (Å²) in [5, 5.41) is 3.13. The fourth-order valence-corrected chi connectivity index (χ4v) is 4.93. The Hall–Kier alpha value is -0.800. The quantitative estimate of drug-likeness (QED) is 0.805. The minimum Gasteiger partial charge on any atom is -0.331 e. The molecular formula is C14H20ClN3O3S2. The number of amides is 1. The van der Waals surface area contributed by atoms with Crippen molar-refractivity contribution < 1.29 is 13.2 Å². The molecule has 0 radical (unpaired) electrons. The monoisotopic (exact) mass is 377 g/mol. The molecule has 0 aromatic heterocycles. The van der Waals surface area contributed by atoms with Gasteiger partial charge >= 0.3 is 0 Å². The zero-order valence-corrected chi connectivity index (χ0v) is 14.9. The number of halogens is 1. The number of nitrogens with zero attached hydrogens (tertiary/aromatic N) is 1. The molecule has 2 unspecified atom stereocenters. The van der Waals surface area contributed by atoms with E-state index in [1.165, 1.54) is 0 Å². The normalized spacial score (nSPS) is 24.4. The van der Waals surface area contributed by atoms with Crippen LogP contribution >= 0.6 is 24.2 Å². The molecule has 2 heterocycles. The Kier molecular flexibility index (Phi) is 6.33. The zero-order valence-electron chi connectivity index (χ0n) is 12.5. The second kappa shape index (κ2) is 7.85. The van der Waals surface area contributed by atoms with Crippen LogP contribution in [0.1, 0.15) is 6.42 Å². The van der Waals surface area contributed by atoms with Crippen molar-refractivity contribution in [3.8, 4) is 0 Å². The molecule has 1 amide bonds. The van der Waals surface area contributed by atoms with E-state index in [2.05, 4.69) is 10.0 Å². The van der Waals surface area contributed by atoms with Gasteiger partial charge in [0, 0.05) is 24.9 Å². The van der Waals surface area contributed by atoms with E-state index in [9.17, 15) is 13.2 Å². The van der Waals surface area contributed by atoms with Crippen molar-refractivity contribution in [1.82, 2.24) is 14.9 Å². The lowest BCUT2D eigenvalue weighted by atomic mass is 10.1. The van der Waals surface area contributed by atoms with Crippen molar-refractivity contribution >= 4 is 40.1 Å². The van der Waals surface area contributed by atoms with E-state index in [4.69, 9.17) is 0 Å². The Morgan fingerprint density at radius 2 is 2.04 bits per heavy atom. The van der Waals surface area contributed by atoms with E-state index >= 15 is 0 Å². The lowest BCUT2D eigenvalue weighted by Crippen LogP contribution is -2.42. The highest BCUT2D eigenvalue weighted by Gasteiger charge is 2.35. The first kappa shape index (κ1) is 18.5. The SMILES string of the molecule is Cl.O=C(C1CC(NS(=O)(=O)c2ccccc2)CN1)N1CCSC1. The molecule has 3 rings (SSSR count). The molecule has 2 aliphatic heterocycles. The average Bonchev–Trinajstić information content (AvgIpc) is 3.18. The number of hydrogen-bond donors (Lipinski definition) is 2. The molecule has 9 heteroatoms. The van der Waals surface area contributed by atoms with Crippen LogP contribution in [0, 0.1) is 0 Å². The Morgan fingerprint density at radius 3 is 2.70 bits per heavy atom. The molecular weight excluding hydrogens is 358 g/mol. The standard InChI is InChI=1S/C14H19N3O3S2.ClH/c18-14(17-6-7-21-10-17)13-8-11(9-15-13)16-22(19,20)12-4-2-1-3-5-12;/h1-5,11,13,15-16H,6-10H2;1H. The first-order valence-electron chi connectivity index (χ1n) is 7.23. The lowest BCUT2D eigenvalue weighted by molar-refractivity contribution is -0.131. The van der Waals surface area contributed by atoms with Gasteiger partial charge in [0.25, 0.3) is 0 Å². The second-order valence-electron chi connectivity index (χ2n) is 5.47. The molecule has 0 saturated carbocycles. The minimum absolute atomic E-state index is 0. The molecule has 0 spiro atoms. The van der Waals surface area contributed by atoms with Crippen molar-refractivity contribution in [3.63, 3.8) is 0 Å². The van der Waals surface area contributed by atoms with Crippen LogP contribution in [0.25, 0.3) is 0 Å². The molecule has 0 bridgehead atoms. The molecule has 23 heavy (non-hydrogen) atoms. The Morgan fingerprint density at radius 1 is 1.30 bits per heavy atom. The number of carbonyl (C=O) groups is 1. The van der Waals surface area contributed by atoms with Crippen LogP contribution in [-0.2, 0) is 14.8 Å². The number of nitrogens with one attached hydrogen (secondary N) is 2. The number of thioether (sulfide) groups is 1. The molecule has 2 saturated heterocycles. The summed E-state index contributed by atoms with van der Waals surface area (Å²) in [4.78, 5) is 14.4. The molecule has 2 aliphatic rings. The number of rotatable bonds is 4. The van der Waals surface area contributed by atoms with Gasteiger partial charge in [-0.25, -0.2) is 13.1 Å². The van der Waals surface area contributed by atoms with Gasteiger partial charge in [-0.15, -0.1) is 24.2 Å². The average molecular weight is 378 g/mol. The van der Waals surface area contributed by atoms with Crippen LogP contribution in [0.4, 0.5) is 0 Å². The van der Waals surface area contributed by atoms with Gasteiger partial charge in [0.2, 0.25) is 15.9 Å². The van der Waals surface area contributed by atoms with Crippen molar-refractivity contribution in [2.45, 2.75) is 23.4 Å². The smallest absolute Gasteiger partial charge is 0.240 e. The van der Waals surface area contributed by atoms with Crippen LogP contribution in [0.5, 0.6) is 0 Å². The van der Waals surface area contributed by atoms with Crippen LogP contribution in [-0.4, -0.2) is 56.0 Å². The number of carbonyl (C=O) groups excluding carboxylic acids is 1. The third-order valence-electron chi connectivity index (χ3n) is 3.87. The van der Waals surface area contributed by atoms with Crippen molar-refractivity contribution in [2.24, 2.45) is 0 Å². The predicted octanol–water partition coefficient (Wildman–Crippen LogP) is 0.650. The molecule has 128 valence electrons. The first-order chi connectivity index (χ1) is 10.6. The maximum atomic E-state index is 12.3.